The number of rotatable bonds is 1. The number of aliphatic hydroxyl groups excluding tert-OH is 1. The van der Waals surface area contributed by atoms with Gasteiger partial charge in [0, 0.05) is 0 Å². The van der Waals surface area contributed by atoms with Gasteiger partial charge in [0.25, 0.3) is 0 Å². The highest BCUT2D eigenvalue weighted by molar-refractivity contribution is 4.91. The van der Waals surface area contributed by atoms with Crippen LogP contribution in [0, 0.1) is 12.0 Å². The van der Waals surface area contributed by atoms with Crippen LogP contribution < -0.4 is 0 Å². The molecule has 0 amide bonds. The lowest BCUT2D eigenvalue weighted by atomic mass is 10.8. The maximum atomic E-state index is 8.00. The van der Waals surface area contributed by atoms with E-state index in [9.17, 15) is 0 Å². The first-order valence-electron chi connectivity index (χ1n) is 1.77. The standard InChI is InChI=1S/C5H6O2/c1-2-7-5-3-4-6/h2,6H,1,4H2. The fourth-order valence-corrected chi connectivity index (χ4v) is 0.116. The molecule has 0 rings (SSSR count). The van der Waals surface area contributed by atoms with Crippen LogP contribution in [0.3, 0.4) is 0 Å². The van der Waals surface area contributed by atoms with Gasteiger partial charge in [-0.1, -0.05) is 6.58 Å². The van der Waals surface area contributed by atoms with Gasteiger partial charge in [0.1, 0.15) is 12.7 Å². The van der Waals surface area contributed by atoms with E-state index < -0.39 is 0 Å². The Kier molecular flexibility index (Phi) is 4.38. The van der Waals surface area contributed by atoms with Gasteiger partial charge in [-0.05, 0) is 5.92 Å². The highest BCUT2D eigenvalue weighted by atomic mass is 16.5. The first-order chi connectivity index (χ1) is 3.41. The summed E-state index contributed by atoms with van der Waals surface area (Å²) in [5.74, 6) is 2.26. The molecule has 0 saturated heterocycles. The molecule has 7 heavy (non-hydrogen) atoms. The summed E-state index contributed by atoms with van der Waals surface area (Å²) in [6.45, 7) is 3.05. The third-order valence-electron chi connectivity index (χ3n) is 0.293. The first-order valence-corrected chi connectivity index (χ1v) is 1.77. The molecular weight excluding hydrogens is 92.1 g/mol. The van der Waals surface area contributed by atoms with Crippen LogP contribution >= 0.6 is 0 Å². The number of aliphatic hydroxyl groups is 1. The minimum atomic E-state index is -0.173. The summed E-state index contributed by atoms with van der Waals surface area (Å²) in [4.78, 5) is 0. The fraction of sp³-hybridized carbons (Fsp3) is 0.200. The average Bonchev–Trinajstić information content (AvgIpc) is 1.69. The minimum Gasteiger partial charge on any atom is -0.416 e. The first kappa shape index (κ1) is 6.06. The SMILES string of the molecule is C=COC#CCO. The Bertz CT molecular complexity index is 96.4. The predicted octanol–water partition coefficient (Wildman–Crippen LogP) is 0.0997. The van der Waals surface area contributed by atoms with Crippen LogP contribution in [0.5, 0.6) is 0 Å². The van der Waals surface area contributed by atoms with Crippen molar-refractivity contribution in [2.45, 2.75) is 0 Å². The van der Waals surface area contributed by atoms with E-state index in [4.69, 9.17) is 5.11 Å². The molecule has 0 heterocycles. The highest BCUT2D eigenvalue weighted by Crippen LogP contribution is 1.63. The normalized spacial score (nSPS) is 5.86. The van der Waals surface area contributed by atoms with Crippen molar-refractivity contribution in [3.63, 3.8) is 0 Å². The van der Waals surface area contributed by atoms with Gasteiger partial charge < -0.3 is 9.84 Å². The van der Waals surface area contributed by atoms with Crippen molar-refractivity contribution in [2.24, 2.45) is 0 Å². The maximum absolute atomic E-state index is 8.00. The summed E-state index contributed by atoms with van der Waals surface area (Å²) in [5, 5.41) is 8.00. The van der Waals surface area contributed by atoms with Crippen molar-refractivity contribution >= 4 is 0 Å². The summed E-state index contributed by atoms with van der Waals surface area (Å²) in [6.07, 6.45) is 3.36. The molecule has 0 aromatic heterocycles. The zero-order valence-electron chi connectivity index (χ0n) is 3.85. The molecule has 0 fully saturated rings. The van der Waals surface area contributed by atoms with Gasteiger partial charge in [0.15, 0.2) is 0 Å². The summed E-state index contributed by atoms with van der Waals surface area (Å²) in [5.41, 5.74) is 0. The Morgan fingerprint density at radius 1 is 1.86 bits per heavy atom. The molecule has 0 bridgehead atoms. The quantitative estimate of drug-likeness (QED) is 0.372. The molecule has 0 spiro atoms. The summed E-state index contributed by atoms with van der Waals surface area (Å²) in [6, 6.07) is 0. The van der Waals surface area contributed by atoms with Gasteiger partial charge in [-0.15, -0.1) is 0 Å². The van der Waals surface area contributed by atoms with E-state index in [1.807, 2.05) is 0 Å². The topological polar surface area (TPSA) is 29.5 Å². The molecule has 0 aromatic carbocycles. The predicted molar refractivity (Wildman–Crippen MR) is 26.1 cm³/mol. The minimum absolute atomic E-state index is 0.173. The van der Waals surface area contributed by atoms with Gasteiger partial charge in [-0.25, -0.2) is 0 Å². The molecule has 0 aliphatic heterocycles. The fourth-order valence-electron chi connectivity index (χ4n) is 0.116. The van der Waals surface area contributed by atoms with Crippen molar-refractivity contribution in [1.82, 2.24) is 0 Å². The van der Waals surface area contributed by atoms with E-state index in [1.165, 1.54) is 6.26 Å². The van der Waals surface area contributed by atoms with Crippen molar-refractivity contribution in [3.8, 4) is 12.0 Å². The number of ether oxygens (including phenoxy) is 1. The van der Waals surface area contributed by atoms with Crippen molar-refractivity contribution in [1.29, 1.82) is 0 Å². The van der Waals surface area contributed by atoms with E-state index >= 15 is 0 Å². The molecule has 38 valence electrons. The van der Waals surface area contributed by atoms with Crippen molar-refractivity contribution in [3.05, 3.63) is 12.8 Å². The zero-order chi connectivity index (χ0) is 5.54. The van der Waals surface area contributed by atoms with Crippen LogP contribution in [0.1, 0.15) is 0 Å². The van der Waals surface area contributed by atoms with Gasteiger partial charge in [-0.3, -0.25) is 0 Å². The van der Waals surface area contributed by atoms with Crippen LogP contribution in [0.15, 0.2) is 12.8 Å². The molecule has 0 aromatic rings. The molecule has 0 atom stereocenters. The third-order valence-corrected chi connectivity index (χ3v) is 0.293. The second-order valence-electron chi connectivity index (χ2n) is 0.721. The Labute approximate surface area is 42.4 Å². The summed E-state index contributed by atoms with van der Waals surface area (Å²) in [7, 11) is 0. The molecular formula is C5H6O2. The van der Waals surface area contributed by atoms with Crippen LogP contribution in [0.4, 0.5) is 0 Å². The van der Waals surface area contributed by atoms with Crippen LogP contribution in [-0.4, -0.2) is 11.7 Å². The van der Waals surface area contributed by atoms with Gasteiger partial charge >= 0.3 is 0 Å². The lowest BCUT2D eigenvalue weighted by molar-refractivity contribution is 0.347. The summed E-state index contributed by atoms with van der Waals surface area (Å²) >= 11 is 0. The number of hydrogen-bond acceptors (Lipinski definition) is 2. The molecule has 1 N–H and O–H groups in total. The number of hydrogen-bond donors (Lipinski definition) is 1. The molecule has 0 unspecified atom stereocenters. The zero-order valence-corrected chi connectivity index (χ0v) is 3.85. The van der Waals surface area contributed by atoms with Crippen LogP contribution in [-0.2, 0) is 4.74 Å². The lowest BCUT2D eigenvalue weighted by Crippen LogP contribution is -1.71. The molecule has 0 aliphatic carbocycles. The molecule has 0 radical (unpaired) electrons. The Morgan fingerprint density at radius 2 is 2.57 bits per heavy atom. The van der Waals surface area contributed by atoms with E-state index in [0.717, 1.165) is 0 Å². The largest absolute Gasteiger partial charge is 0.416 e. The van der Waals surface area contributed by atoms with Crippen LogP contribution in [0.25, 0.3) is 0 Å². The van der Waals surface area contributed by atoms with E-state index in [2.05, 4.69) is 23.3 Å². The Hall–Kier alpha value is -0.940. The second kappa shape index (κ2) is 5.06. The maximum Gasteiger partial charge on any atom is 0.118 e. The monoisotopic (exact) mass is 98.0 g/mol. The Balaban J connectivity index is 3.06. The van der Waals surface area contributed by atoms with E-state index in [0.29, 0.717) is 0 Å². The Morgan fingerprint density at radius 3 is 3.00 bits per heavy atom. The third kappa shape index (κ3) is 5.06. The molecule has 2 heteroatoms. The molecule has 0 saturated carbocycles. The van der Waals surface area contributed by atoms with E-state index in [1.54, 1.807) is 0 Å². The smallest absolute Gasteiger partial charge is 0.118 e. The average molecular weight is 98.1 g/mol. The highest BCUT2D eigenvalue weighted by Gasteiger charge is 1.58. The van der Waals surface area contributed by atoms with Crippen molar-refractivity contribution < 1.29 is 9.84 Å². The molecule has 2 nitrogen and oxygen atoms in total. The summed E-state index contributed by atoms with van der Waals surface area (Å²) < 4.78 is 4.32. The van der Waals surface area contributed by atoms with Crippen LogP contribution in [0.2, 0.25) is 0 Å². The van der Waals surface area contributed by atoms with Gasteiger partial charge in [0.05, 0.1) is 6.26 Å². The lowest BCUT2D eigenvalue weighted by Gasteiger charge is -1.75. The van der Waals surface area contributed by atoms with Gasteiger partial charge in [0.2, 0.25) is 0 Å². The van der Waals surface area contributed by atoms with Gasteiger partial charge in [-0.2, -0.15) is 0 Å². The van der Waals surface area contributed by atoms with Crippen molar-refractivity contribution in [2.75, 3.05) is 6.61 Å². The van der Waals surface area contributed by atoms with E-state index in [-0.39, 0.29) is 6.61 Å². The second-order valence-corrected chi connectivity index (χ2v) is 0.721. The molecule has 0 aliphatic rings.